The van der Waals surface area contributed by atoms with Gasteiger partial charge in [0.1, 0.15) is 11.5 Å². The SMILES string of the molecule is COc1ccccc1/C(C#N)=C\c1cccc(OC(=O)C23CC4CC(CC(C4)C2)C3)c1. The molecule has 4 nitrogen and oxygen atoms in total. The highest BCUT2D eigenvalue weighted by Gasteiger charge is 2.55. The Labute approximate surface area is 183 Å². The third-order valence-corrected chi connectivity index (χ3v) is 7.37. The maximum Gasteiger partial charge on any atom is 0.317 e. The summed E-state index contributed by atoms with van der Waals surface area (Å²) in [6.07, 6.45) is 8.67. The molecule has 0 heterocycles. The van der Waals surface area contributed by atoms with Gasteiger partial charge in [0.05, 0.1) is 24.2 Å². The van der Waals surface area contributed by atoms with Crippen LogP contribution in [0.4, 0.5) is 0 Å². The molecule has 4 aliphatic carbocycles. The first-order chi connectivity index (χ1) is 15.1. The Morgan fingerprint density at radius 2 is 1.71 bits per heavy atom. The molecule has 4 fully saturated rings. The predicted molar refractivity (Wildman–Crippen MR) is 119 cm³/mol. The number of carbonyl (C=O) groups is 1. The van der Waals surface area contributed by atoms with E-state index in [4.69, 9.17) is 9.47 Å². The largest absolute Gasteiger partial charge is 0.496 e. The normalized spacial score (nSPS) is 28.8. The zero-order valence-corrected chi connectivity index (χ0v) is 17.8. The van der Waals surface area contributed by atoms with Gasteiger partial charge in [-0.15, -0.1) is 0 Å². The number of esters is 1. The molecule has 0 saturated heterocycles. The molecule has 0 atom stereocenters. The number of methoxy groups -OCH3 is 1. The van der Waals surface area contributed by atoms with Gasteiger partial charge in [-0.05, 0) is 92.2 Å². The molecule has 4 aliphatic rings. The lowest BCUT2D eigenvalue weighted by atomic mass is 9.49. The summed E-state index contributed by atoms with van der Waals surface area (Å²) < 4.78 is 11.3. The number of carbonyl (C=O) groups excluding carboxylic acids is 1. The van der Waals surface area contributed by atoms with Crippen LogP contribution in [0.3, 0.4) is 0 Å². The number of allylic oxidation sites excluding steroid dienone is 1. The summed E-state index contributed by atoms with van der Waals surface area (Å²) in [5, 5.41) is 9.71. The van der Waals surface area contributed by atoms with E-state index < -0.39 is 0 Å². The van der Waals surface area contributed by atoms with Crippen LogP contribution in [0.2, 0.25) is 0 Å². The Bertz CT molecular complexity index is 1040. The summed E-state index contributed by atoms with van der Waals surface area (Å²) in [5.41, 5.74) is 1.78. The van der Waals surface area contributed by atoms with Crippen molar-refractivity contribution in [1.29, 1.82) is 5.26 Å². The molecular formula is C27H27NO3. The summed E-state index contributed by atoms with van der Waals surface area (Å²) in [7, 11) is 1.60. The van der Waals surface area contributed by atoms with Crippen molar-refractivity contribution in [2.75, 3.05) is 7.11 Å². The van der Waals surface area contributed by atoms with Gasteiger partial charge < -0.3 is 9.47 Å². The molecule has 4 bridgehead atoms. The van der Waals surface area contributed by atoms with Crippen LogP contribution in [0, 0.1) is 34.5 Å². The summed E-state index contributed by atoms with van der Waals surface area (Å²) >= 11 is 0. The van der Waals surface area contributed by atoms with E-state index in [9.17, 15) is 10.1 Å². The molecule has 2 aromatic carbocycles. The number of benzene rings is 2. The highest BCUT2D eigenvalue weighted by atomic mass is 16.5. The number of hydrogen-bond acceptors (Lipinski definition) is 4. The van der Waals surface area contributed by atoms with Gasteiger partial charge in [0.15, 0.2) is 0 Å². The van der Waals surface area contributed by atoms with Crippen molar-refractivity contribution in [2.45, 2.75) is 38.5 Å². The van der Waals surface area contributed by atoms with Gasteiger partial charge in [0, 0.05) is 5.56 Å². The molecule has 31 heavy (non-hydrogen) atoms. The molecule has 4 heteroatoms. The Hall–Kier alpha value is -3.06. The number of nitrogens with zero attached hydrogens (tertiary/aromatic N) is 1. The highest BCUT2D eigenvalue weighted by molar-refractivity contribution is 5.91. The molecule has 0 N–H and O–H groups in total. The summed E-state index contributed by atoms with van der Waals surface area (Å²) in [4.78, 5) is 13.3. The zero-order chi connectivity index (χ0) is 21.4. The lowest BCUT2D eigenvalue weighted by molar-refractivity contribution is -0.161. The molecule has 158 valence electrons. The lowest BCUT2D eigenvalue weighted by Crippen LogP contribution is -2.51. The highest BCUT2D eigenvalue weighted by Crippen LogP contribution is 2.60. The zero-order valence-electron chi connectivity index (χ0n) is 17.8. The quantitative estimate of drug-likeness (QED) is 0.266. The third kappa shape index (κ3) is 3.74. The van der Waals surface area contributed by atoms with Gasteiger partial charge in [-0.2, -0.15) is 5.26 Å². The van der Waals surface area contributed by atoms with Crippen LogP contribution in [0.5, 0.6) is 11.5 Å². The van der Waals surface area contributed by atoms with Crippen LogP contribution in [0.15, 0.2) is 48.5 Å². The van der Waals surface area contributed by atoms with Crippen molar-refractivity contribution >= 4 is 17.6 Å². The van der Waals surface area contributed by atoms with Crippen LogP contribution in [-0.4, -0.2) is 13.1 Å². The minimum absolute atomic E-state index is 0.0574. The first kappa shape index (κ1) is 19.9. The first-order valence-corrected chi connectivity index (χ1v) is 11.2. The standard InChI is InChI=1S/C27H27NO3/c1-30-25-8-3-2-7-24(25)22(17-28)12-18-5-4-6-23(13-18)31-26(29)27-14-19-9-20(15-27)11-21(10-19)16-27/h2-8,12-13,19-21H,9-11,14-16H2,1H3/b22-12-. The van der Waals surface area contributed by atoms with Crippen LogP contribution < -0.4 is 9.47 Å². The number of para-hydroxylation sites is 1. The second kappa shape index (κ2) is 7.89. The third-order valence-electron chi connectivity index (χ3n) is 7.37. The van der Waals surface area contributed by atoms with Gasteiger partial charge >= 0.3 is 5.97 Å². The van der Waals surface area contributed by atoms with Crippen molar-refractivity contribution in [2.24, 2.45) is 23.2 Å². The van der Waals surface area contributed by atoms with E-state index in [1.165, 1.54) is 19.3 Å². The number of nitriles is 1. The maximum atomic E-state index is 13.3. The Balaban J connectivity index is 1.38. The van der Waals surface area contributed by atoms with E-state index in [1.54, 1.807) is 13.2 Å². The van der Waals surface area contributed by atoms with Crippen LogP contribution in [0.1, 0.15) is 49.7 Å². The maximum absolute atomic E-state index is 13.3. The van der Waals surface area contributed by atoms with Crippen molar-refractivity contribution in [3.8, 4) is 17.6 Å². The van der Waals surface area contributed by atoms with Gasteiger partial charge in [-0.25, -0.2) is 0 Å². The monoisotopic (exact) mass is 413 g/mol. The van der Waals surface area contributed by atoms with E-state index in [1.807, 2.05) is 48.5 Å². The smallest absolute Gasteiger partial charge is 0.317 e. The van der Waals surface area contributed by atoms with Crippen LogP contribution >= 0.6 is 0 Å². The summed E-state index contributed by atoms with van der Waals surface area (Å²) in [6, 6.07) is 17.2. The van der Waals surface area contributed by atoms with E-state index in [2.05, 4.69) is 6.07 Å². The average Bonchev–Trinajstić information content (AvgIpc) is 2.77. The lowest BCUT2D eigenvalue weighted by Gasteiger charge is -2.55. The molecule has 6 rings (SSSR count). The molecule has 2 aromatic rings. The molecule has 0 radical (unpaired) electrons. The molecule has 0 unspecified atom stereocenters. The molecule has 0 amide bonds. The number of rotatable bonds is 5. The minimum Gasteiger partial charge on any atom is -0.496 e. The van der Waals surface area contributed by atoms with Crippen molar-refractivity contribution in [3.05, 3.63) is 59.7 Å². The minimum atomic E-state index is -0.282. The Kier molecular flexibility index (Phi) is 5.06. The molecule has 4 saturated carbocycles. The van der Waals surface area contributed by atoms with E-state index in [0.29, 0.717) is 34.8 Å². The fourth-order valence-electron chi connectivity index (χ4n) is 6.45. The first-order valence-electron chi connectivity index (χ1n) is 11.2. The predicted octanol–water partition coefficient (Wildman–Crippen LogP) is 5.88. The number of hydrogen-bond donors (Lipinski definition) is 0. The Morgan fingerprint density at radius 3 is 2.35 bits per heavy atom. The van der Waals surface area contributed by atoms with Crippen LogP contribution in [-0.2, 0) is 4.79 Å². The summed E-state index contributed by atoms with van der Waals surface area (Å²) in [5.74, 6) is 3.25. The van der Waals surface area contributed by atoms with Crippen LogP contribution in [0.25, 0.3) is 11.6 Å². The topological polar surface area (TPSA) is 59.3 Å². The average molecular weight is 414 g/mol. The van der Waals surface area contributed by atoms with Crippen molar-refractivity contribution in [3.63, 3.8) is 0 Å². The van der Waals surface area contributed by atoms with E-state index in [-0.39, 0.29) is 11.4 Å². The summed E-state index contributed by atoms with van der Waals surface area (Å²) in [6.45, 7) is 0. The molecular weight excluding hydrogens is 386 g/mol. The second-order valence-electron chi connectivity index (χ2n) is 9.53. The fraction of sp³-hybridized carbons (Fsp3) is 0.407. The van der Waals surface area contributed by atoms with Gasteiger partial charge in [0.2, 0.25) is 0 Å². The van der Waals surface area contributed by atoms with Crippen molar-refractivity contribution < 1.29 is 14.3 Å². The van der Waals surface area contributed by atoms with Gasteiger partial charge in [-0.1, -0.05) is 24.3 Å². The molecule has 0 aromatic heterocycles. The van der Waals surface area contributed by atoms with Gasteiger partial charge in [-0.3, -0.25) is 4.79 Å². The second-order valence-corrected chi connectivity index (χ2v) is 9.53. The van der Waals surface area contributed by atoms with E-state index >= 15 is 0 Å². The Morgan fingerprint density at radius 1 is 1.03 bits per heavy atom. The van der Waals surface area contributed by atoms with E-state index in [0.717, 1.165) is 30.4 Å². The molecule has 0 aliphatic heterocycles. The van der Waals surface area contributed by atoms with Crippen molar-refractivity contribution in [1.82, 2.24) is 0 Å². The fourth-order valence-corrected chi connectivity index (χ4v) is 6.45. The van der Waals surface area contributed by atoms with Gasteiger partial charge in [0.25, 0.3) is 0 Å². The number of ether oxygens (including phenoxy) is 2. The molecule has 0 spiro atoms.